The first-order valence-corrected chi connectivity index (χ1v) is 50.8. The SMILES string of the molecule is C/C=C/C1CC(OCOC(=O)COC(=O)CC[C@@H]2N=C(c3ccccn3)c3cc(Br)c(Cl)cc3-n3c(C)cnc32)C(Br)CC1C.COC(=O)C(OC(=O)CC[C@@H]1N=C(c2ccccn2)c2cc(Cl)cc(C)c2-n2c(C)cnc21)C1CCCCCCCCC1.COC1N(C)CC(CC(OC(=O)CC[C@@H]2N=C(c3ccccn3)c3cc(C)cc(C)c3-n3c(C)cnc32)OC(=O)OC(C(C)C)C(C)C)CN1C. The van der Waals surface area contributed by atoms with Crippen LogP contribution in [0.4, 0.5) is 4.79 Å². The molecule has 9 atom stereocenters. The smallest absolute Gasteiger partial charge is 0.466 e. The van der Waals surface area contributed by atoms with Gasteiger partial charge in [-0.15, -0.1) is 0 Å². The lowest BCUT2D eigenvalue weighted by atomic mass is 9.79. The Morgan fingerprint density at radius 2 is 1.05 bits per heavy atom. The number of ether oxygens (including phenoxy) is 9. The van der Waals surface area contributed by atoms with Crippen LogP contribution in [-0.4, -0.2) is 197 Å². The lowest BCUT2D eigenvalue weighted by Crippen LogP contribution is -2.55. The number of alkyl halides is 1. The van der Waals surface area contributed by atoms with Crippen LogP contribution >= 0.6 is 55.1 Å². The van der Waals surface area contributed by atoms with Gasteiger partial charge in [0.15, 0.2) is 19.8 Å². The van der Waals surface area contributed by atoms with Crippen molar-refractivity contribution in [2.75, 3.05) is 54.8 Å². The molecule has 33 heteroatoms. The number of rotatable bonds is 29. The van der Waals surface area contributed by atoms with Gasteiger partial charge in [0.1, 0.15) is 41.7 Å². The number of methoxy groups -OCH3 is 2. The summed E-state index contributed by atoms with van der Waals surface area (Å²) in [5.41, 5.74) is 15.7. The monoisotopic (exact) mass is 2070 g/mol. The fourth-order valence-corrected chi connectivity index (χ4v) is 21.6. The van der Waals surface area contributed by atoms with E-state index in [2.05, 4.69) is 116 Å². The third-order valence-electron chi connectivity index (χ3n) is 26.4. The predicted octanol–water partition coefficient (Wildman–Crippen LogP) is 21.3. The normalized spacial score (nSPS) is 20.4. The standard InChI is InChI=1S/C39H54N6O6.C34H41ClN4O4.C33H35Br2ClN4O5/c1-23(2)36(24(3)4)51-39(47)50-33(19-28-21-43(8)38(48-10)44(9)22-28)49-32(46)15-14-31-37-41-20-27(7)45(37)35-26(6)17-25(5)18-29(35)34(42-31)30-13-11-12-16-40-30;1-22-19-25(35)20-26-30(27-15-11-12-18-36-27)38-28(33-37-21-23(2)39(33)31(22)26)16-17-29(40)43-32(34(41)42-3)24-13-9-7-5-4-6-8-10-14-24;1-4-7-21-13-29(24(35)12-19(21)2)44-18-45-31(42)17-43-30(41)10-9-27-33-38-16-20(3)40(33)28-15-25(36)23(34)14-22(28)32(39-27)26-8-5-6-11-37-26/h11-13,16-18,20,23-24,28,31,33,36,38H,14-15,19,21-22H2,1-10H3;11-12,15,18-21,24,28,32H,4-10,13-14,16-17H2,1-3H3;4-8,11,14-16,19,21,24,27,29H,9-10,12-13,17-18H2,1-3H3/b;;7-4+/t28?,31-,33?,38?;28-,32?;19?,21?,24?,27-,29?/m000/s1. The molecular weight excluding hydrogens is 1940 g/mol. The number of halogens is 4. The van der Waals surface area contributed by atoms with E-state index in [0.717, 1.165) is 146 Å². The third kappa shape index (κ3) is 26.8. The molecule has 4 aliphatic heterocycles. The zero-order chi connectivity index (χ0) is 99.4. The second-order valence-corrected chi connectivity index (χ2v) is 40.6. The number of pyridine rings is 3. The average Bonchev–Trinajstić information content (AvgIpc) is 1.61. The van der Waals surface area contributed by atoms with Crippen molar-refractivity contribution < 1.29 is 71.4 Å². The van der Waals surface area contributed by atoms with Crippen molar-refractivity contribution in [2.24, 2.45) is 50.5 Å². The zero-order valence-corrected chi connectivity index (χ0v) is 87.1. The summed E-state index contributed by atoms with van der Waals surface area (Å²) in [5.74, 6) is 0.671. The molecule has 2 saturated carbocycles. The first-order chi connectivity index (χ1) is 66.8. The van der Waals surface area contributed by atoms with Crippen molar-refractivity contribution in [2.45, 2.75) is 253 Å². The maximum Gasteiger partial charge on any atom is 0.511 e. The zero-order valence-electron chi connectivity index (χ0n) is 82.4. The number of carbonyl (C=O) groups is 6. The highest BCUT2D eigenvalue weighted by Crippen LogP contribution is 2.43. The number of nitrogens with zero attached hydrogens (tertiary/aromatic N) is 14. The second kappa shape index (κ2) is 49.7. The lowest BCUT2D eigenvalue weighted by Gasteiger charge is -2.43. The first-order valence-electron chi connectivity index (χ1n) is 48.3. The van der Waals surface area contributed by atoms with E-state index in [0.29, 0.717) is 89.3 Å². The molecule has 0 bridgehead atoms. The molecular formula is C106H130Br2Cl2N14O15. The minimum atomic E-state index is -1.13. The summed E-state index contributed by atoms with van der Waals surface area (Å²) < 4.78 is 57.4. The summed E-state index contributed by atoms with van der Waals surface area (Å²) in [7, 11) is 6.98. The van der Waals surface area contributed by atoms with Gasteiger partial charge in [-0.25, -0.2) is 29.3 Å². The van der Waals surface area contributed by atoms with Crippen LogP contribution in [-0.2, 0) is 66.6 Å². The minimum absolute atomic E-state index is 0.0119. The van der Waals surface area contributed by atoms with Crippen LogP contribution < -0.4 is 0 Å². The van der Waals surface area contributed by atoms with Gasteiger partial charge in [-0.2, -0.15) is 0 Å². The molecule has 1 saturated heterocycles. The van der Waals surface area contributed by atoms with Gasteiger partial charge in [-0.1, -0.05) is 161 Å². The molecule has 29 nitrogen and oxygen atoms in total. The minimum Gasteiger partial charge on any atom is -0.466 e. The summed E-state index contributed by atoms with van der Waals surface area (Å²) in [5, 5.41) is 1.15. The van der Waals surface area contributed by atoms with E-state index in [1.807, 2.05) is 172 Å². The Morgan fingerprint density at radius 1 is 0.554 bits per heavy atom. The molecule has 742 valence electrons. The highest BCUT2D eigenvalue weighted by atomic mass is 79.9. The second-order valence-electron chi connectivity index (χ2n) is 37.7. The van der Waals surface area contributed by atoms with Crippen LogP contribution in [0.2, 0.25) is 10.0 Å². The van der Waals surface area contributed by atoms with Crippen LogP contribution in [0.25, 0.3) is 17.1 Å². The van der Waals surface area contributed by atoms with Crippen LogP contribution in [0.1, 0.15) is 260 Å². The highest BCUT2D eigenvalue weighted by molar-refractivity contribution is 9.10. The van der Waals surface area contributed by atoms with Gasteiger partial charge in [-0.3, -0.25) is 67.8 Å². The fourth-order valence-electron chi connectivity index (χ4n) is 19.9. The van der Waals surface area contributed by atoms with E-state index in [-0.39, 0.29) is 73.1 Å². The molecule has 0 radical (unpaired) electrons. The van der Waals surface area contributed by atoms with Gasteiger partial charge in [0.05, 0.1) is 69.5 Å². The van der Waals surface area contributed by atoms with Gasteiger partial charge in [-0.05, 0) is 231 Å². The van der Waals surface area contributed by atoms with Gasteiger partial charge in [0.2, 0.25) is 6.10 Å². The van der Waals surface area contributed by atoms with Crippen LogP contribution in [0.3, 0.4) is 0 Å². The summed E-state index contributed by atoms with van der Waals surface area (Å²) in [6.07, 6.45) is 24.4. The number of benzene rings is 3. The Labute approximate surface area is 842 Å². The summed E-state index contributed by atoms with van der Waals surface area (Å²) in [4.78, 5) is 126. The molecule has 139 heavy (non-hydrogen) atoms. The number of fused-ring (bicyclic) bond motifs is 9. The Hall–Kier alpha value is -10.5. The van der Waals surface area contributed by atoms with Crippen molar-refractivity contribution in [3.05, 3.63) is 240 Å². The number of allylic oxidation sites excluding steroid dienone is 2. The average molecular weight is 2070 g/mol. The molecule has 0 spiro atoms. The molecule has 6 aliphatic rings. The quantitative estimate of drug-likeness (QED) is 0.0138. The van der Waals surface area contributed by atoms with Crippen LogP contribution in [0, 0.1) is 77.0 Å². The molecule has 3 aromatic carbocycles. The number of hydrogen-bond donors (Lipinski definition) is 0. The number of hydrogen-bond acceptors (Lipinski definition) is 26. The van der Waals surface area contributed by atoms with E-state index in [9.17, 15) is 28.8 Å². The van der Waals surface area contributed by atoms with E-state index in [1.165, 1.54) is 26.4 Å². The van der Waals surface area contributed by atoms with Gasteiger partial charge in [0, 0.05) is 137 Å². The van der Waals surface area contributed by atoms with Crippen molar-refractivity contribution in [3.63, 3.8) is 0 Å². The summed E-state index contributed by atoms with van der Waals surface area (Å²) in [6.45, 7) is 25.1. The van der Waals surface area contributed by atoms with Gasteiger partial charge < -0.3 is 42.6 Å². The number of esters is 5. The van der Waals surface area contributed by atoms with Crippen LogP contribution in [0.5, 0.6) is 0 Å². The molecule has 6 unspecified atom stereocenters. The van der Waals surface area contributed by atoms with Gasteiger partial charge >= 0.3 is 36.0 Å². The topological polar surface area (TPSA) is 321 Å². The summed E-state index contributed by atoms with van der Waals surface area (Å²) >= 11 is 20.3. The van der Waals surface area contributed by atoms with E-state index in [4.69, 9.17) is 90.8 Å². The van der Waals surface area contributed by atoms with Crippen LogP contribution in [0.15, 0.2) is 160 Å². The van der Waals surface area contributed by atoms with Crippen molar-refractivity contribution in [1.29, 1.82) is 0 Å². The van der Waals surface area contributed by atoms with E-state index in [1.54, 1.807) is 31.9 Å². The fraction of sp³-hybridized carbons (Fsp3) is 0.500. The number of aryl methyl sites for hydroxylation is 6. The number of aliphatic imine (C=N–C) groups is 3. The van der Waals surface area contributed by atoms with Crippen molar-refractivity contribution >= 4 is 108 Å². The lowest BCUT2D eigenvalue weighted by molar-refractivity contribution is -0.185. The molecule has 3 fully saturated rings. The maximum absolute atomic E-state index is 13.7. The van der Waals surface area contributed by atoms with Crippen molar-refractivity contribution in [3.8, 4) is 17.1 Å². The van der Waals surface area contributed by atoms with E-state index < -0.39 is 73.1 Å². The molecule has 9 aromatic rings. The number of imidazole rings is 3. The molecule has 10 heterocycles. The largest absolute Gasteiger partial charge is 0.511 e. The molecule has 0 amide bonds. The summed E-state index contributed by atoms with van der Waals surface area (Å²) in [6, 6.07) is 27.6. The van der Waals surface area contributed by atoms with Gasteiger partial charge in [0.25, 0.3) is 6.29 Å². The van der Waals surface area contributed by atoms with E-state index >= 15 is 0 Å². The number of carbonyl (C=O) groups excluding carboxylic acids is 6. The molecule has 0 N–H and O–H groups in total. The first kappa shape index (κ1) is 106. The number of aromatic nitrogens is 9. The van der Waals surface area contributed by atoms with Crippen molar-refractivity contribution in [1.82, 2.24) is 53.4 Å². The Morgan fingerprint density at radius 3 is 1.56 bits per heavy atom. The highest BCUT2D eigenvalue weighted by Gasteiger charge is 2.41. The Balaban J connectivity index is 0.000000176. The Kier molecular flexibility index (Phi) is 37.9. The maximum atomic E-state index is 13.7. The molecule has 2 aliphatic carbocycles. The molecule has 6 aromatic heterocycles. The third-order valence-corrected chi connectivity index (χ3v) is 28.7. The molecule has 15 rings (SSSR count). The predicted molar refractivity (Wildman–Crippen MR) is 541 cm³/mol. The Bertz CT molecular complexity index is 5860.